The summed E-state index contributed by atoms with van der Waals surface area (Å²) >= 11 is 0. The van der Waals surface area contributed by atoms with Crippen molar-refractivity contribution in [3.05, 3.63) is 0 Å². The van der Waals surface area contributed by atoms with Crippen LogP contribution < -0.4 is 5.73 Å². The molecule has 0 aliphatic heterocycles. The number of nitrogens with one attached hydrogen (secondary N) is 1. The van der Waals surface area contributed by atoms with Crippen LogP contribution in [0, 0.1) is 5.41 Å². The van der Waals surface area contributed by atoms with Gasteiger partial charge in [0, 0.05) is 11.1 Å². The van der Waals surface area contributed by atoms with Gasteiger partial charge in [0.05, 0.1) is 2.74 Å². The van der Waals surface area contributed by atoms with Gasteiger partial charge in [-0.1, -0.05) is 0 Å². The molecule has 0 spiro atoms. The highest BCUT2D eigenvalue weighted by Gasteiger charge is 2.03. The summed E-state index contributed by atoms with van der Waals surface area (Å²) in [5.74, 6) is -3.19. The van der Waals surface area contributed by atoms with Gasteiger partial charge in [0.1, 0.15) is 6.50 Å². The van der Waals surface area contributed by atoms with Gasteiger partial charge >= 0.3 is 5.97 Å². The van der Waals surface area contributed by atoms with E-state index in [2.05, 4.69) is 0 Å². The summed E-state index contributed by atoms with van der Waals surface area (Å²) in [6.07, 6.45) is 0. The van der Waals surface area contributed by atoms with E-state index in [1.165, 1.54) is 0 Å². The summed E-state index contributed by atoms with van der Waals surface area (Å²) in [7, 11) is 0. The van der Waals surface area contributed by atoms with Crippen molar-refractivity contribution in [2.45, 2.75) is 0 Å². The highest BCUT2D eigenvalue weighted by molar-refractivity contribution is 5.79. The third-order valence-electron chi connectivity index (χ3n) is 0.448. The van der Waals surface area contributed by atoms with Gasteiger partial charge in [-0.25, -0.2) is 0 Å². The summed E-state index contributed by atoms with van der Waals surface area (Å²) < 4.78 is 34.3. The molecule has 0 bridgehead atoms. The lowest BCUT2D eigenvalue weighted by Gasteiger charge is -2.12. The first-order chi connectivity index (χ1) is 6.01. The minimum atomic E-state index is -3.24. The van der Waals surface area contributed by atoms with Crippen molar-refractivity contribution < 1.29 is 22.2 Å². The van der Waals surface area contributed by atoms with E-state index in [4.69, 9.17) is 23.1 Å². The molecule has 0 atom stereocenters. The number of hydrogen-bond donors (Lipinski definition) is 3. The molecule has 0 aromatic heterocycles. The Hall–Kier alpha value is -1.30. The standard InChI is InChI=1S/C4H9N3O2.H2O/c1-7(4(5)6)2-3(8)9;/h2H2,1H3,(H3,5,6)(H,8,9);1H2/i1D3,2D2;. The first kappa shape index (κ1) is 3.77. The van der Waals surface area contributed by atoms with Crippen LogP contribution >= 0.6 is 0 Å². The minimum Gasteiger partial charge on any atom is -0.480 e. The van der Waals surface area contributed by atoms with E-state index in [1.807, 2.05) is 0 Å². The summed E-state index contributed by atoms with van der Waals surface area (Å²) in [5.41, 5.74) is 4.79. The molecule has 0 unspecified atom stereocenters. The average Bonchev–Trinajstić information content (AvgIpc) is 1.79. The van der Waals surface area contributed by atoms with Crippen molar-refractivity contribution in [2.75, 3.05) is 13.5 Å². The summed E-state index contributed by atoms with van der Waals surface area (Å²) in [5, 5.41) is 15.2. The molecule has 10 heavy (non-hydrogen) atoms. The van der Waals surface area contributed by atoms with Crippen LogP contribution in [0.5, 0.6) is 0 Å². The molecule has 0 aromatic carbocycles. The van der Waals surface area contributed by atoms with Gasteiger partial charge in [-0.15, -0.1) is 0 Å². The average molecular weight is 154 g/mol. The third-order valence-corrected chi connectivity index (χ3v) is 0.448. The quantitative estimate of drug-likeness (QED) is 0.316. The minimum absolute atomic E-state index is 0. The fraction of sp³-hybridized carbons (Fsp3) is 0.500. The van der Waals surface area contributed by atoms with Crippen LogP contribution in [0.1, 0.15) is 6.85 Å². The Kier molecular flexibility index (Phi) is 1.72. The lowest BCUT2D eigenvalue weighted by molar-refractivity contribution is -0.137. The largest absolute Gasteiger partial charge is 0.480 e. The summed E-state index contributed by atoms with van der Waals surface area (Å²) in [6.45, 7) is -6.36. The molecule has 0 heterocycles. The predicted octanol–water partition coefficient (Wildman–Crippen LogP) is -1.93. The Labute approximate surface area is 65.1 Å². The number of hydrogen-bond acceptors (Lipinski definition) is 2. The van der Waals surface area contributed by atoms with E-state index in [-0.39, 0.29) is 10.4 Å². The van der Waals surface area contributed by atoms with Gasteiger partial charge in [-0.05, 0) is 0 Å². The highest BCUT2D eigenvalue weighted by atomic mass is 16.4. The van der Waals surface area contributed by atoms with E-state index < -0.39 is 25.4 Å². The molecule has 0 radical (unpaired) electrons. The van der Waals surface area contributed by atoms with Crippen molar-refractivity contribution in [3.63, 3.8) is 0 Å². The van der Waals surface area contributed by atoms with E-state index in [9.17, 15) is 4.79 Å². The molecule has 0 rings (SSSR count). The maximum absolute atomic E-state index is 10.4. The fourth-order valence-electron chi connectivity index (χ4n) is 0.156. The molecule has 6 N–H and O–H groups in total. The molecular weight excluding hydrogens is 138 g/mol. The van der Waals surface area contributed by atoms with Crippen LogP contribution in [0.25, 0.3) is 0 Å². The first-order valence-corrected chi connectivity index (χ1v) is 1.89. The van der Waals surface area contributed by atoms with Crippen LogP contribution in [0.4, 0.5) is 0 Å². The Balaban J connectivity index is 0. The lowest BCUT2D eigenvalue weighted by Crippen LogP contribution is -2.36. The van der Waals surface area contributed by atoms with Gasteiger partial charge in [-0.2, -0.15) is 0 Å². The Morgan fingerprint density at radius 2 is 2.60 bits per heavy atom. The maximum atomic E-state index is 10.4. The smallest absolute Gasteiger partial charge is 0.323 e. The summed E-state index contributed by atoms with van der Waals surface area (Å²) in [6, 6.07) is 0. The normalized spacial score (nSPS) is 17.8. The van der Waals surface area contributed by atoms with Crippen LogP contribution in [0.3, 0.4) is 0 Å². The number of aliphatic carboxylic acids is 1. The van der Waals surface area contributed by atoms with Crippen molar-refractivity contribution in [3.8, 4) is 0 Å². The molecule has 60 valence electrons. The molecule has 0 aliphatic rings. The molecule has 6 nitrogen and oxygen atoms in total. The molecule has 0 saturated heterocycles. The van der Waals surface area contributed by atoms with Crippen molar-refractivity contribution in [1.29, 1.82) is 5.41 Å². The van der Waals surface area contributed by atoms with Crippen molar-refractivity contribution >= 4 is 11.9 Å². The SMILES string of the molecule is O.[2H]C([2H])([2H])N(C(=N)N)C([2H])([2H])C(=O)O. The second-order valence-electron chi connectivity index (χ2n) is 1.14. The molecule has 6 heteroatoms. The molecular formula is C4H11N3O3. The zero-order chi connectivity index (χ0) is 11.7. The van der Waals surface area contributed by atoms with Gasteiger partial charge in [0.25, 0.3) is 0 Å². The monoisotopic (exact) mass is 154 g/mol. The predicted molar refractivity (Wildman–Crippen MR) is 35.8 cm³/mol. The van der Waals surface area contributed by atoms with Gasteiger partial charge in [-0.3, -0.25) is 10.2 Å². The third kappa shape index (κ3) is 4.85. The Bertz CT molecular complexity index is 265. The van der Waals surface area contributed by atoms with Gasteiger partial charge in [0.15, 0.2) is 5.96 Å². The number of nitrogens with two attached hydrogens (primary N) is 1. The van der Waals surface area contributed by atoms with Crippen molar-refractivity contribution in [1.82, 2.24) is 4.90 Å². The molecule has 0 aliphatic carbocycles. The van der Waals surface area contributed by atoms with E-state index >= 15 is 0 Å². The van der Waals surface area contributed by atoms with Crippen molar-refractivity contribution in [2.24, 2.45) is 5.73 Å². The molecule has 0 amide bonds. The van der Waals surface area contributed by atoms with Crippen LogP contribution in [0.2, 0.25) is 0 Å². The summed E-state index contributed by atoms with van der Waals surface area (Å²) in [4.78, 5) is 10.1. The number of carbonyl (C=O) groups is 1. The van der Waals surface area contributed by atoms with Crippen LogP contribution in [-0.2, 0) is 4.79 Å². The zero-order valence-electron chi connectivity index (χ0n) is 9.88. The second-order valence-corrected chi connectivity index (χ2v) is 1.14. The van der Waals surface area contributed by atoms with E-state index in [0.29, 0.717) is 0 Å². The number of rotatable bonds is 2. The Morgan fingerprint density at radius 1 is 2.10 bits per heavy atom. The topological polar surface area (TPSA) is 122 Å². The maximum Gasteiger partial charge on any atom is 0.323 e. The van der Waals surface area contributed by atoms with Gasteiger partial charge in [0.2, 0.25) is 0 Å². The zero-order valence-corrected chi connectivity index (χ0v) is 4.88. The van der Waals surface area contributed by atoms with E-state index in [1.54, 1.807) is 0 Å². The van der Waals surface area contributed by atoms with Crippen LogP contribution in [0.15, 0.2) is 0 Å². The number of carboxylic acid groups (broad SMARTS) is 1. The number of guanidine groups is 1. The van der Waals surface area contributed by atoms with Crippen LogP contribution in [-0.4, -0.2) is 40.9 Å². The van der Waals surface area contributed by atoms with E-state index in [0.717, 1.165) is 0 Å². The highest BCUT2D eigenvalue weighted by Crippen LogP contribution is 1.76. The number of carboxylic acids is 1. The fourth-order valence-corrected chi connectivity index (χ4v) is 0.156. The number of likely N-dealkylation sites (N-methyl/N-ethyl adjacent to an activating group) is 1. The number of nitrogens with zero attached hydrogens (tertiary/aromatic N) is 1. The molecule has 0 saturated carbocycles. The molecule has 0 fully saturated rings. The lowest BCUT2D eigenvalue weighted by atomic mass is 10.6. The second kappa shape index (κ2) is 4.57. The molecule has 0 aromatic rings. The Morgan fingerprint density at radius 3 is 2.70 bits per heavy atom. The first-order valence-electron chi connectivity index (χ1n) is 4.39. The van der Waals surface area contributed by atoms with Gasteiger partial charge < -0.3 is 21.2 Å².